The molecular formula is C33H39F3N4O6Si. The molecule has 1 aliphatic heterocycles. The lowest BCUT2D eigenvalue weighted by Gasteiger charge is -2.43. The van der Waals surface area contributed by atoms with Gasteiger partial charge in [-0.15, -0.1) is 0 Å². The van der Waals surface area contributed by atoms with Crippen LogP contribution >= 0.6 is 0 Å². The third-order valence-corrected chi connectivity index (χ3v) is 12.6. The van der Waals surface area contributed by atoms with Gasteiger partial charge in [-0.05, 0) is 45.0 Å². The van der Waals surface area contributed by atoms with E-state index in [9.17, 15) is 18.0 Å². The number of carbonyl (C=O) groups is 1. The predicted molar refractivity (Wildman–Crippen MR) is 170 cm³/mol. The van der Waals surface area contributed by atoms with Crippen molar-refractivity contribution in [3.05, 3.63) is 59.7 Å². The van der Waals surface area contributed by atoms with Crippen LogP contribution in [0.15, 0.2) is 57.6 Å². The Balaban J connectivity index is 1.45. The molecule has 0 aliphatic carbocycles. The summed E-state index contributed by atoms with van der Waals surface area (Å²) in [5.41, 5.74) is -0.683. The molecule has 1 N–H and O–H groups in total. The Morgan fingerprint density at radius 1 is 0.979 bits per heavy atom. The molecule has 0 radical (unpaired) electrons. The highest BCUT2D eigenvalue weighted by molar-refractivity contribution is 6.74. The first-order chi connectivity index (χ1) is 21.8. The lowest BCUT2D eigenvalue weighted by molar-refractivity contribution is -0.154. The monoisotopic (exact) mass is 672 g/mol. The molecule has 0 spiro atoms. The SMILES string of the molecule is CC(C)(C)OC(=O)CN[C@H]1COc2cc(-c3noc(-c4onc(-c5ccccc5)c4C(F)(F)F)n3)ccc2[C@H]1O[Si](C)(C)C(C)(C)C. The van der Waals surface area contributed by atoms with Crippen LogP contribution in [0.3, 0.4) is 0 Å². The minimum absolute atomic E-state index is 0.0317. The smallest absolute Gasteiger partial charge is 0.422 e. The summed E-state index contributed by atoms with van der Waals surface area (Å²) < 4.78 is 71.5. The third kappa shape index (κ3) is 7.60. The van der Waals surface area contributed by atoms with Crippen molar-refractivity contribution in [1.29, 1.82) is 0 Å². The van der Waals surface area contributed by atoms with E-state index in [0.717, 1.165) is 5.56 Å². The normalized spacial score (nSPS) is 17.3. The second-order valence-electron chi connectivity index (χ2n) is 14.0. The Hall–Kier alpha value is -4.01. The van der Waals surface area contributed by atoms with E-state index in [0.29, 0.717) is 11.3 Å². The van der Waals surface area contributed by atoms with Crippen molar-refractivity contribution >= 4 is 14.3 Å². The van der Waals surface area contributed by atoms with Gasteiger partial charge in [0, 0.05) is 16.7 Å². The summed E-state index contributed by atoms with van der Waals surface area (Å²) in [6, 6.07) is 12.8. The molecule has 0 saturated carbocycles. The quantitative estimate of drug-likeness (QED) is 0.146. The Morgan fingerprint density at radius 3 is 2.32 bits per heavy atom. The van der Waals surface area contributed by atoms with Gasteiger partial charge in [0.15, 0.2) is 8.32 Å². The van der Waals surface area contributed by atoms with Crippen LogP contribution in [0.2, 0.25) is 18.1 Å². The number of carbonyl (C=O) groups excluding carboxylic acids is 1. The lowest BCUT2D eigenvalue weighted by Crippen LogP contribution is -2.51. The standard InChI is InChI=1S/C33H39F3N4O6Si/c1-31(2,3)43-24(41)17-37-22-18-42-23-16-20(14-15-21(23)27(22)46-47(7,8)32(4,5)6)29-38-30(45-40-29)28-25(33(34,35)36)26(39-44-28)19-12-10-9-11-13-19/h9-16,22,27,37H,17-18H2,1-8H3/t22-,27+/m0/s1. The maximum Gasteiger partial charge on any atom is 0.422 e. The molecule has 5 rings (SSSR count). The fourth-order valence-electron chi connectivity index (χ4n) is 4.84. The van der Waals surface area contributed by atoms with Gasteiger partial charge in [-0.3, -0.25) is 10.1 Å². The summed E-state index contributed by atoms with van der Waals surface area (Å²) in [5, 5.41) is 10.8. The van der Waals surface area contributed by atoms with Crippen LogP contribution in [-0.2, 0) is 20.1 Å². The number of ether oxygens (including phenoxy) is 2. The molecule has 0 fully saturated rings. The van der Waals surface area contributed by atoms with Crippen LogP contribution in [0.25, 0.3) is 34.3 Å². The molecule has 2 atom stereocenters. The van der Waals surface area contributed by atoms with Crippen LogP contribution in [-0.4, -0.2) is 54.4 Å². The lowest BCUT2D eigenvalue weighted by atomic mass is 9.97. The van der Waals surface area contributed by atoms with Crippen molar-refractivity contribution in [2.45, 2.75) is 83.6 Å². The molecule has 2 aromatic carbocycles. The van der Waals surface area contributed by atoms with E-state index in [4.69, 9.17) is 22.9 Å². The van der Waals surface area contributed by atoms with Gasteiger partial charge in [-0.2, -0.15) is 18.2 Å². The zero-order valence-electron chi connectivity index (χ0n) is 27.6. The third-order valence-electron chi connectivity index (χ3n) is 8.16. The van der Waals surface area contributed by atoms with Gasteiger partial charge in [-0.1, -0.05) is 73.5 Å². The summed E-state index contributed by atoms with van der Waals surface area (Å²) in [4.78, 5) is 16.7. The molecule has 10 nitrogen and oxygen atoms in total. The Morgan fingerprint density at radius 2 is 1.68 bits per heavy atom. The molecule has 2 aromatic heterocycles. The van der Waals surface area contributed by atoms with E-state index in [1.807, 2.05) is 6.07 Å². The molecule has 1 aliphatic rings. The number of alkyl halides is 3. The summed E-state index contributed by atoms with van der Waals surface area (Å²) in [5.74, 6) is -1.01. The Kier molecular flexibility index (Phi) is 9.16. The number of hydrogen-bond acceptors (Lipinski definition) is 10. The Bertz CT molecular complexity index is 1720. The largest absolute Gasteiger partial charge is 0.491 e. The first-order valence-electron chi connectivity index (χ1n) is 15.2. The summed E-state index contributed by atoms with van der Waals surface area (Å²) >= 11 is 0. The molecular weight excluding hydrogens is 633 g/mol. The van der Waals surface area contributed by atoms with Gasteiger partial charge in [0.1, 0.15) is 29.2 Å². The molecule has 3 heterocycles. The minimum Gasteiger partial charge on any atom is -0.491 e. The molecule has 0 amide bonds. The highest BCUT2D eigenvalue weighted by atomic mass is 28.4. The van der Waals surface area contributed by atoms with Crippen molar-refractivity contribution in [2.75, 3.05) is 13.2 Å². The fraction of sp³-hybridized carbons (Fsp3) is 0.455. The van der Waals surface area contributed by atoms with E-state index >= 15 is 0 Å². The predicted octanol–water partition coefficient (Wildman–Crippen LogP) is 7.83. The number of benzene rings is 2. The molecule has 0 bridgehead atoms. The van der Waals surface area contributed by atoms with Gasteiger partial charge in [0.25, 0.3) is 5.89 Å². The van der Waals surface area contributed by atoms with E-state index in [-0.39, 0.29) is 41.3 Å². The first kappa shape index (κ1) is 34.3. The van der Waals surface area contributed by atoms with E-state index in [2.05, 4.69) is 54.5 Å². The molecule has 252 valence electrons. The summed E-state index contributed by atoms with van der Waals surface area (Å²) in [7, 11) is -2.31. The van der Waals surface area contributed by atoms with Crippen LogP contribution in [0.4, 0.5) is 13.2 Å². The molecule has 0 unspecified atom stereocenters. The number of esters is 1. The van der Waals surface area contributed by atoms with Gasteiger partial charge in [0.05, 0.1) is 18.7 Å². The van der Waals surface area contributed by atoms with Gasteiger partial charge in [0.2, 0.25) is 11.6 Å². The minimum atomic E-state index is -4.80. The van der Waals surface area contributed by atoms with E-state index < -0.39 is 49.4 Å². The van der Waals surface area contributed by atoms with Crippen molar-refractivity contribution in [3.63, 3.8) is 0 Å². The zero-order valence-corrected chi connectivity index (χ0v) is 28.6. The topological polar surface area (TPSA) is 122 Å². The van der Waals surface area contributed by atoms with Gasteiger partial charge in [-0.25, -0.2) is 0 Å². The van der Waals surface area contributed by atoms with Crippen molar-refractivity contribution < 1.29 is 40.9 Å². The van der Waals surface area contributed by atoms with Crippen molar-refractivity contribution in [1.82, 2.24) is 20.6 Å². The zero-order chi connectivity index (χ0) is 34.4. The fourth-order valence-corrected chi connectivity index (χ4v) is 6.12. The number of aromatic nitrogens is 3. The summed E-state index contributed by atoms with van der Waals surface area (Å²) in [6.45, 7) is 16.3. The molecule has 14 heteroatoms. The number of nitrogens with one attached hydrogen (secondary N) is 1. The number of fused-ring (bicyclic) bond motifs is 1. The van der Waals surface area contributed by atoms with Crippen LogP contribution in [0.5, 0.6) is 5.75 Å². The van der Waals surface area contributed by atoms with Gasteiger partial charge >= 0.3 is 12.1 Å². The number of rotatable bonds is 8. The second kappa shape index (κ2) is 12.5. The van der Waals surface area contributed by atoms with Crippen molar-refractivity contribution in [3.8, 4) is 40.0 Å². The molecule has 4 aromatic rings. The number of nitrogens with zero attached hydrogens (tertiary/aromatic N) is 3. The Labute approximate surface area is 272 Å². The van der Waals surface area contributed by atoms with Gasteiger partial charge < -0.3 is 22.9 Å². The second-order valence-corrected chi connectivity index (χ2v) is 18.7. The highest BCUT2D eigenvalue weighted by Gasteiger charge is 2.44. The molecule has 47 heavy (non-hydrogen) atoms. The van der Waals surface area contributed by atoms with Crippen LogP contribution < -0.4 is 10.1 Å². The first-order valence-corrected chi connectivity index (χ1v) is 18.1. The van der Waals surface area contributed by atoms with E-state index in [1.165, 1.54) is 12.1 Å². The maximum atomic E-state index is 14.2. The van der Waals surface area contributed by atoms with Crippen molar-refractivity contribution in [2.24, 2.45) is 0 Å². The van der Waals surface area contributed by atoms with E-state index in [1.54, 1.807) is 51.1 Å². The summed E-state index contributed by atoms with van der Waals surface area (Å²) in [6.07, 6.45) is -5.26. The number of hydrogen-bond donors (Lipinski definition) is 1. The average Bonchev–Trinajstić information content (AvgIpc) is 3.63. The van der Waals surface area contributed by atoms with Crippen LogP contribution in [0, 0.1) is 0 Å². The molecule has 0 saturated heterocycles. The van der Waals surface area contributed by atoms with Crippen LogP contribution in [0.1, 0.15) is 58.8 Å². The number of halogens is 3. The average molecular weight is 673 g/mol. The maximum absolute atomic E-state index is 14.2. The highest BCUT2D eigenvalue weighted by Crippen LogP contribution is 2.45.